The molecule has 1 unspecified atom stereocenters. The fraction of sp³-hybridized carbons (Fsp3) is 0.857. The summed E-state index contributed by atoms with van der Waals surface area (Å²) in [6, 6.07) is 0. The summed E-state index contributed by atoms with van der Waals surface area (Å²) in [6.07, 6.45) is 0.928. The van der Waals surface area contributed by atoms with Crippen molar-refractivity contribution >= 4 is 20.6 Å². The summed E-state index contributed by atoms with van der Waals surface area (Å²) in [6.45, 7) is 2.90. The highest BCUT2D eigenvalue weighted by atomic mass is 79.9. The number of rotatable bonds is 4. The van der Waals surface area contributed by atoms with E-state index in [1.807, 2.05) is 21.0 Å². The van der Waals surface area contributed by atoms with Crippen LogP contribution in [0.2, 0.25) is 0 Å². The predicted molar refractivity (Wildman–Crippen MR) is 46.3 cm³/mol. The molecule has 0 aromatic carbocycles. The topological polar surface area (TPSA) is 20.3 Å². The zero-order valence-electron chi connectivity index (χ0n) is 6.72. The van der Waals surface area contributed by atoms with Gasteiger partial charge in [0.15, 0.2) is 0 Å². The van der Waals surface area contributed by atoms with Crippen molar-refractivity contribution in [1.82, 2.24) is 4.90 Å². The monoisotopic (exact) mass is 207 g/mol. The molecule has 2 nitrogen and oxygen atoms in total. The van der Waals surface area contributed by atoms with Crippen molar-refractivity contribution in [3.63, 3.8) is 0 Å². The van der Waals surface area contributed by atoms with Gasteiger partial charge >= 0.3 is 0 Å². The first-order chi connectivity index (χ1) is 4.54. The van der Waals surface area contributed by atoms with Crippen LogP contribution in [0.3, 0.4) is 0 Å². The Balaban J connectivity index is 3.40. The van der Waals surface area contributed by atoms with E-state index in [9.17, 15) is 4.79 Å². The zero-order valence-corrected chi connectivity index (χ0v) is 8.31. The first kappa shape index (κ1) is 10.1. The second-order valence-electron chi connectivity index (χ2n) is 2.80. The van der Waals surface area contributed by atoms with E-state index in [2.05, 4.69) is 20.8 Å². The van der Waals surface area contributed by atoms with E-state index in [1.54, 1.807) is 0 Å². The van der Waals surface area contributed by atoms with Crippen LogP contribution in [0.4, 0.5) is 0 Å². The molecule has 0 aliphatic heterocycles. The van der Waals surface area contributed by atoms with Crippen molar-refractivity contribution in [3.05, 3.63) is 0 Å². The van der Waals surface area contributed by atoms with Crippen LogP contribution in [0, 0.1) is 5.92 Å². The molecule has 0 bridgehead atoms. The van der Waals surface area contributed by atoms with Crippen LogP contribution in [0.15, 0.2) is 0 Å². The van der Waals surface area contributed by atoms with E-state index in [0.29, 0.717) is 0 Å². The number of hydrogen-bond acceptors (Lipinski definition) is 2. The van der Waals surface area contributed by atoms with Gasteiger partial charge in [-0.05, 0) is 43.0 Å². The predicted octanol–water partition coefficient (Wildman–Crippen LogP) is 1.50. The maximum absolute atomic E-state index is 10.7. The van der Waals surface area contributed by atoms with Gasteiger partial charge in [0.2, 0.25) is 4.69 Å². The van der Waals surface area contributed by atoms with Crippen LogP contribution in [-0.2, 0) is 4.79 Å². The number of carbonyl (C=O) groups excluding carboxylic acids is 1. The average Bonchev–Trinajstić information content (AvgIpc) is 1.82. The fourth-order valence-corrected chi connectivity index (χ4v) is 0.794. The van der Waals surface area contributed by atoms with Crippen molar-refractivity contribution in [1.29, 1.82) is 0 Å². The molecule has 0 fully saturated rings. The summed E-state index contributed by atoms with van der Waals surface area (Å²) in [4.78, 5) is 12.7. The highest BCUT2D eigenvalue weighted by Crippen LogP contribution is 2.07. The molecule has 0 saturated heterocycles. The van der Waals surface area contributed by atoms with E-state index < -0.39 is 0 Å². The van der Waals surface area contributed by atoms with Crippen molar-refractivity contribution in [2.45, 2.75) is 13.3 Å². The number of hydrogen-bond donors (Lipinski definition) is 0. The van der Waals surface area contributed by atoms with Gasteiger partial charge in [-0.1, -0.05) is 6.92 Å². The molecule has 0 heterocycles. The Labute approximate surface area is 70.7 Å². The Kier molecular flexibility index (Phi) is 4.91. The molecule has 0 aromatic rings. The third kappa shape index (κ3) is 4.94. The molecule has 0 radical (unpaired) electrons. The second kappa shape index (κ2) is 4.85. The first-order valence-corrected chi connectivity index (χ1v) is 4.17. The number of nitrogens with zero attached hydrogens (tertiary/aromatic N) is 1. The highest BCUT2D eigenvalue weighted by Gasteiger charge is 2.08. The Bertz CT molecular complexity index is 114. The van der Waals surface area contributed by atoms with Gasteiger partial charge < -0.3 is 4.90 Å². The van der Waals surface area contributed by atoms with Crippen molar-refractivity contribution in [2.75, 3.05) is 20.6 Å². The van der Waals surface area contributed by atoms with Gasteiger partial charge in [0, 0.05) is 5.92 Å². The molecule has 3 heteroatoms. The SMILES string of the molecule is CC(CCN(C)C)C(=O)Br. The first-order valence-electron chi connectivity index (χ1n) is 3.38. The lowest BCUT2D eigenvalue weighted by atomic mass is 10.1. The summed E-state index contributed by atoms with van der Waals surface area (Å²) < 4.78 is 0.106. The molecular formula is C7H14BrNO. The third-order valence-electron chi connectivity index (χ3n) is 1.40. The molecule has 10 heavy (non-hydrogen) atoms. The highest BCUT2D eigenvalue weighted by molar-refractivity contribution is 9.18. The minimum atomic E-state index is 0.106. The van der Waals surface area contributed by atoms with Crippen LogP contribution in [-0.4, -0.2) is 30.2 Å². The third-order valence-corrected chi connectivity index (χ3v) is 2.18. The molecule has 0 rings (SSSR count). The van der Waals surface area contributed by atoms with Crippen LogP contribution < -0.4 is 0 Å². The summed E-state index contributed by atoms with van der Waals surface area (Å²) in [5.41, 5.74) is 0. The molecule has 0 saturated carbocycles. The molecule has 0 aromatic heterocycles. The van der Waals surface area contributed by atoms with E-state index >= 15 is 0 Å². The van der Waals surface area contributed by atoms with E-state index in [4.69, 9.17) is 0 Å². The van der Waals surface area contributed by atoms with Crippen LogP contribution >= 0.6 is 15.9 Å². The van der Waals surface area contributed by atoms with Gasteiger partial charge in [0.1, 0.15) is 0 Å². The van der Waals surface area contributed by atoms with Crippen LogP contribution in [0.5, 0.6) is 0 Å². The molecule has 0 aliphatic carbocycles. The maximum atomic E-state index is 10.7. The van der Waals surface area contributed by atoms with E-state index in [0.717, 1.165) is 13.0 Å². The number of halogens is 1. The molecule has 60 valence electrons. The standard InChI is InChI=1S/C7H14BrNO/c1-6(7(8)10)4-5-9(2)3/h6H,4-5H2,1-3H3. The zero-order chi connectivity index (χ0) is 8.15. The normalized spacial score (nSPS) is 13.7. The van der Waals surface area contributed by atoms with Gasteiger partial charge in [0.05, 0.1) is 0 Å². The lowest BCUT2D eigenvalue weighted by Gasteiger charge is -2.11. The maximum Gasteiger partial charge on any atom is 0.200 e. The summed E-state index contributed by atoms with van der Waals surface area (Å²) >= 11 is 2.93. The molecule has 0 N–H and O–H groups in total. The largest absolute Gasteiger partial charge is 0.309 e. The fourth-order valence-electron chi connectivity index (χ4n) is 0.565. The van der Waals surface area contributed by atoms with Crippen molar-refractivity contribution < 1.29 is 4.79 Å². The Morgan fingerprint density at radius 3 is 2.40 bits per heavy atom. The summed E-state index contributed by atoms with van der Waals surface area (Å²) in [5, 5.41) is 0. The molecule has 0 spiro atoms. The lowest BCUT2D eigenvalue weighted by Crippen LogP contribution is -2.17. The smallest absolute Gasteiger partial charge is 0.200 e. The molecule has 0 amide bonds. The van der Waals surface area contributed by atoms with Gasteiger partial charge in [-0.2, -0.15) is 0 Å². The van der Waals surface area contributed by atoms with Gasteiger partial charge in [-0.3, -0.25) is 4.79 Å². The molecular weight excluding hydrogens is 194 g/mol. The van der Waals surface area contributed by atoms with Crippen LogP contribution in [0.1, 0.15) is 13.3 Å². The van der Waals surface area contributed by atoms with Crippen molar-refractivity contribution in [3.8, 4) is 0 Å². The van der Waals surface area contributed by atoms with E-state index in [1.165, 1.54) is 0 Å². The lowest BCUT2D eigenvalue weighted by molar-refractivity contribution is -0.113. The minimum absolute atomic E-state index is 0.106. The van der Waals surface area contributed by atoms with Crippen molar-refractivity contribution in [2.24, 2.45) is 5.92 Å². The minimum Gasteiger partial charge on any atom is -0.309 e. The van der Waals surface area contributed by atoms with Crippen LogP contribution in [0.25, 0.3) is 0 Å². The Hall–Kier alpha value is 0.110. The van der Waals surface area contributed by atoms with Gasteiger partial charge in [-0.15, -0.1) is 0 Å². The molecule has 0 aliphatic rings. The Morgan fingerprint density at radius 1 is 1.60 bits per heavy atom. The van der Waals surface area contributed by atoms with E-state index in [-0.39, 0.29) is 10.6 Å². The quantitative estimate of drug-likeness (QED) is 0.652. The van der Waals surface area contributed by atoms with Gasteiger partial charge in [-0.25, -0.2) is 0 Å². The summed E-state index contributed by atoms with van der Waals surface area (Å²) in [5.74, 6) is 0.141. The van der Waals surface area contributed by atoms with Gasteiger partial charge in [0.25, 0.3) is 0 Å². The second-order valence-corrected chi connectivity index (χ2v) is 3.58. The number of carbonyl (C=O) groups is 1. The molecule has 1 atom stereocenters. The summed E-state index contributed by atoms with van der Waals surface area (Å²) in [7, 11) is 4.01. The average molecular weight is 208 g/mol. The Morgan fingerprint density at radius 2 is 2.10 bits per heavy atom.